The SMILES string of the molecule is CC=C1NNS(=O)(=O)c2c1ccc(Cl)c2Cl. The molecule has 1 aliphatic rings. The Morgan fingerprint density at radius 3 is 2.62 bits per heavy atom. The summed E-state index contributed by atoms with van der Waals surface area (Å²) in [7, 11) is -3.66. The Bertz CT molecular complexity index is 581. The molecule has 1 aromatic rings. The van der Waals surface area contributed by atoms with Crippen molar-refractivity contribution in [2.75, 3.05) is 0 Å². The standard InChI is InChI=1S/C9H8Cl2N2O2S/c1-2-7-5-3-4-6(10)8(11)9(5)16(14,15)13-12-7/h2-4,12-13H,1H3. The molecule has 0 saturated heterocycles. The molecule has 7 heteroatoms. The third kappa shape index (κ3) is 1.69. The maximum Gasteiger partial charge on any atom is 0.259 e. The summed E-state index contributed by atoms with van der Waals surface area (Å²) in [6.45, 7) is 1.79. The molecule has 0 aromatic heterocycles. The van der Waals surface area contributed by atoms with E-state index >= 15 is 0 Å². The highest BCUT2D eigenvalue weighted by molar-refractivity contribution is 7.89. The molecule has 0 saturated carbocycles. The molecule has 0 aliphatic carbocycles. The lowest BCUT2D eigenvalue weighted by Crippen LogP contribution is -2.41. The Morgan fingerprint density at radius 2 is 2.00 bits per heavy atom. The molecule has 0 amide bonds. The van der Waals surface area contributed by atoms with Gasteiger partial charge >= 0.3 is 0 Å². The first-order valence-corrected chi connectivity index (χ1v) is 6.64. The summed E-state index contributed by atoms with van der Waals surface area (Å²) >= 11 is 11.7. The molecule has 2 rings (SSSR count). The van der Waals surface area contributed by atoms with E-state index in [1.54, 1.807) is 25.1 Å². The molecule has 0 bridgehead atoms. The second-order valence-corrected chi connectivity index (χ2v) is 5.58. The van der Waals surface area contributed by atoms with Crippen molar-refractivity contribution in [3.8, 4) is 0 Å². The lowest BCUT2D eigenvalue weighted by Gasteiger charge is -2.22. The molecule has 0 fully saturated rings. The minimum Gasteiger partial charge on any atom is -0.308 e. The Balaban J connectivity index is 2.85. The molecule has 16 heavy (non-hydrogen) atoms. The van der Waals surface area contributed by atoms with Gasteiger partial charge in [0.2, 0.25) is 0 Å². The van der Waals surface area contributed by atoms with Crippen LogP contribution in [-0.4, -0.2) is 8.42 Å². The van der Waals surface area contributed by atoms with Gasteiger partial charge in [-0.2, -0.15) is 0 Å². The van der Waals surface area contributed by atoms with Crippen molar-refractivity contribution in [3.63, 3.8) is 0 Å². The highest BCUT2D eigenvalue weighted by Crippen LogP contribution is 2.36. The second-order valence-electron chi connectivity index (χ2n) is 3.17. The van der Waals surface area contributed by atoms with Crippen molar-refractivity contribution >= 4 is 38.9 Å². The summed E-state index contributed by atoms with van der Waals surface area (Å²) in [5.41, 5.74) is 3.74. The number of hydrazine groups is 1. The van der Waals surface area contributed by atoms with E-state index in [1.165, 1.54) is 0 Å². The van der Waals surface area contributed by atoms with Gasteiger partial charge in [-0.25, -0.2) is 8.42 Å². The number of nitrogens with one attached hydrogen (secondary N) is 2. The van der Waals surface area contributed by atoms with E-state index in [-0.39, 0.29) is 14.9 Å². The van der Waals surface area contributed by atoms with Crippen LogP contribution in [0.5, 0.6) is 0 Å². The molecule has 1 aromatic carbocycles. The van der Waals surface area contributed by atoms with Gasteiger partial charge in [0.25, 0.3) is 10.0 Å². The minimum atomic E-state index is -3.66. The van der Waals surface area contributed by atoms with E-state index in [2.05, 4.69) is 10.3 Å². The normalized spacial score (nSPS) is 20.3. The number of allylic oxidation sites excluding steroid dienone is 1. The molecular formula is C9H8Cl2N2O2S. The van der Waals surface area contributed by atoms with Crippen molar-refractivity contribution in [2.24, 2.45) is 0 Å². The van der Waals surface area contributed by atoms with Crippen LogP contribution >= 0.6 is 23.2 Å². The minimum absolute atomic E-state index is 0.00789. The van der Waals surface area contributed by atoms with Gasteiger partial charge in [0.15, 0.2) is 0 Å². The Labute approximate surface area is 103 Å². The molecule has 86 valence electrons. The van der Waals surface area contributed by atoms with E-state index in [9.17, 15) is 8.42 Å². The quantitative estimate of drug-likeness (QED) is 0.765. The van der Waals surface area contributed by atoms with E-state index in [4.69, 9.17) is 23.2 Å². The zero-order valence-electron chi connectivity index (χ0n) is 8.21. The zero-order valence-corrected chi connectivity index (χ0v) is 10.5. The molecule has 2 N–H and O–H groups in total. The summed E-state index contributed by atoms with van der Waals surface area (Å²) in [4.78, 5) is 2.20. The molecule has 0 atom stereocenters. The van der Waals surface area contributed by atoms with Crippen LogP contribution in [0.4, 0.5) is 0 Å². The van der Waals surface area contributed by atoms with Crippen molar-refractivity contribution in [2.45, 2.75) is 11.8 Å². The molecular weight excluding hydrogens is 271 g/mol. The molecule has 0 spiro atoms. The molecule has 0 radical (unpaired) electrons. The van der Waals surface area contributed by atoms with Gasteiger partial charge in [0.1, 0.15) is 4.90 Å². The van der Waals surface area contributed by atoms with E-state index in [0.717, 1.165) is 0 Å². The zero-order chi connectivity index (χ0) is 11.9. The number of hydrogen-bond acceptors (Lipinski definition) is 3. The summed E-state index contributed by atoms with van der Waals surface area (Å²) < 4.78 is 23.5. The van der Waals surface area contributed by atoms with Crippen molar-refractivity contribution in [1.29, 1.82) is 0 Å². The Morgan fingerprint density at radius 1 is 1.31 bits per heavy atom. The van der Waals surface area contributed by atoms with Crippen molar-refractivity contribution < 1.29 is 8.42 Å². The molecule has 4 nitrogen and oxygen atoms in total. The first kappa shape index (κ1) is 11.7. The van der Waals surface area contributed by atoms with Gasteiger partial charge in [0.05, 0.1) is 15.7 Å². The van der Waals surface area contributed by atoms with Crippen molar-refractivity contribution in [3.05, 3.63) is 33.8 Å². The van der Waals surface area contributed by atoms with Crippen LogP contribution in [0.25, 0.3) is 5.70 Å². The number of rotatable bonds is 0. The fourth-order valence-corrected chi connectivity index (χ4v) is 3.32. The summed E-state index contributed by atoms with van der Waals surface area (Å²) in [5.74, 6) is 0. The van der Waals surface area contributed by atoms with E-state index in [1.807, 2.05) is 0 Å². The van der Waals surface area contributed by atoms with Crippen LogP contribution in [0.15, 0.2) is 23.1 Å². The van der Waals surface area contributed by atoms with Crippen molar-refractivity contribution in [1.82, 2.24) is 10.3 Å². The van der Waals surface area contributed by atoms with Crippen LogP contribution < -0.4 is 10.3 Å². The van der Waals surface area contributed by atoms with E-state index < -0.39 is 10.0 Å². The second kappa shape index (κ2) is 3.92. The third-order valence-corrected chi connectivity index (χ3v) is 4.47. The Hall–Kier alpha value is -0.750. The first-order valence-electron chi connectivity index (χ1n) is 4.40. The average Bonchev–Trinajstić information content (AvgIpc) is 2.23. The van der Waals surface area contributed by atoms with Gasteiger partial charge in [-0.3, -0.25) is 0 Å². The number of fused-ring (bicyclic) bond motifs is 1. The maximum atomic E-state index is 11.8. The lowest BCUT2D eigenvalue weighted by molar-refractivity contribution is 0.571. The average molecular weight is 279 g/mol. The fourth-order valence-electron chi connectivity index (χ4n) is 1.48. The predicted octanol–water partition coefficient (Wildman–Crippen LogP) is 2.15. The van der Waals surface area contributed by atoms with Crippen LogP contribution in [0, 0.1) is 0 Å². The smallest absolute Gasteiger partial charge is 0.259 e. The fraction of sp³-hybridized carbons (Fsp3) is 0.111. The number of hydrogen-bond donors (Lipinski definition) is 2. The highest BCUT2D eigenvalue weighted by Gasteiger charge is 2.29. The summed E-state index contributed by atoms with van der Waals surface area (Å²) in [5, 5.41) is 0.246. The number of sulfonamides is 1. The van der Waals surface area contributed by atoms with Crippen LogP contribution in [-0.2, 0) is 10.0 Å². The predicted molar refractivity (Wildman–Crippen MR) is 63.6 cm³/mol. The number of benzene rings is 1. The Kier molecular flexibility index (Phi) is 2.88. The topological polar surface area (TPSA) is 58.2 Å². The van der Waals surface area contributed by atoms with Gasteiger partial charge in [-0.1, -0.05) is 29.3 Å². The van der Waals surface area contributed by atoms with Gasteiger partial charge in [0, 0.05) is 5.56 Å². The molecule has 0 unspecified atom stereocenters. The van der Waals surface area contributed by atoms with Crippen LogP contribution in [0.1, 0.15) is 12.5 Å². The number of halogens is 2. The monoisotopic (exact) mass is 278 g/mol. The largest absolute Gasteiger partial charge is 0.308 e. The third-order valence-electron chi connectivity index (χ3n) is 2.22. The summed E-state index contributed by atoms with van der Waals surface area (Å²) in [6, 6.07) is 3.18. The lowest BCUT2D eigenvalue weighted by atomic mass is 10.1. The molecule has 1 heterocycles. The van der Waals surface area contributed by atoms with Gasteiger partial charge < -0.3 is 5.43 Å². The van der Waals surface area contributed by atoms with E-state index in [0.29, 0.717) is 11.3 Å². The summed E-state index contributed by atoms with van der Waals surface area (Å²) in [6.07, 6.45) is 1.74. The van der Waals surface area contributed by atoms with Gasteiger partial charge in [-0.15, -0.1) is 4.83 Å². The highest BCUT2D eigenvalue weighted by atomic mass is 35.5. The van der Waals surface area contributed by atoms with Crippen LogP contribution in [0.2, 0.25) is 10.0 Å². The van der Waals surface area contributed by atoms with Gasteiger partial charge in [-0.05, 0) is 19.1 Å². The van der Waals surface area contributed by atoms with Crippen LogP contribution in [0.3, 0.4) is 0 Å². The first-order chi connectivity index (χ1) is 7.47. The molecule has 1 aliphatic heterocycles. The maximum absolute atomic E-state index is 11.8.